The molecule has 0 unspecified atom stereocenters. The fourth-order valence-electron chi connectivity index (χ4n) is 1.73. The Balaban J connectivity index is 1.69. The highest BCUT2D eigenvalue weighted by molar-refractivity contribution is 5.97. The van der Waals surface area contributed by atoms with Gasteiger partial charge >= 0.3 is 0 Å². The van der Waals surface area contributed by atoms with Crippen LogP contribution in [0, 0.1) is 6.92 Å². The van der Waals surface area contributed by atoms with Gasteiger partial charge in [0.1, 0.15) is 12.4 Å². The highest BCUT2D eigenvalue weighted by atomic mass is 16.5. The second-order valence-corrected chi connectivity index (χ2v) is 4.47. The zero-order chi connectivity index (χ0) is 15.1. The van der Waals surface area contributed by atoms with E-state index in [2.05, 4.69) is 15.6 Å². The Morgan fingerprint density at radius 3 is 2.81 bits per heavy atom. The highest BCUT2D eigenvalue weighted by Crippen LogP contribution is 2.11. The van der Waals surface area contributed by atoms with Crippen molar-refractivity contribution in [1.29, 1.82) is 0 Å². The van der Waals surface area contributed by atoms with Gasteiger partial charge in [-0.05, 0) is 31.2 Å². The van der Waals surface area contributed by atoms with Crippen LogP contribution in [0.2, 0.25) is 0 Å². The molecule has 112 valence electrons. The largest absolute Gasteiger partial charge is 0.492 e. The highest BCUT2D eigenvalue weighted by Gasteiger charge is 2.01. The van der Waals surface area contributed by atoms with E-state index in [-0.39, 0.29) is 5.84 Å². The lowest BCUT2D eigenvalue weighted by Gasteiger charge is -2.07. The molecule has 0 aliphatic rings. The molecule has 0 aliphatic carbocycles. The molecule has 21 heavy (non-hydrogen) atoms. The lowest BCUT2D eigenvalue weighted by Crippen LogP contribution is -2.20. The van der Waals surface area contributed by atoms with Gasteiger partial charge in [0.25, 0.3) is 0 Å². The monoisotopic (exact) mass is 290 g/mol. The first-order chi connectivity index (χ1) is 10.2. The van der Waals surface area contributed by atoms with E-state index in [1.54, 1.807) is 24.3 Å². The van der Waals surface area contributed by atoms with Gasteiger partial charge in [0.05, 0.1) is 12.2 Å². The molecule has 1 aromatic carbocycles. The minimum absolute atomic E-state index is 0.0746. The van der Waals surface area contributed by atoms with Crippen LogP contribution in [-0.4, -0.2) is 29.4 Å². The molecule has 1 heterocycles. The van der Waals surface area contributed by atoms with Crippen LogP contribution in [0.5, 0.6) is 5.75 Å². The normalized spacial score (nSPS) is 11.6. The van der Waals surface area contributed by atoms with Crippen LogP contribution in [0.4, 0.5) is 0 Å². The minimum atomic E-state index is 0.0746. The van der Waals surface area contributed by atoms with Crippen LogP contribution in [0.15, 0.2) is 40.0 Å². The first-order valence-electron chi connectivity index (χ1n) is 6.52. The minimum Gasteiger partial charge on any atom is -0.492 e. The van der Waals surface area contributed by atoms with Crippen molar-refractivity contribution < 1.29 is 14.5 Å². The molecule has 0 amide bonds. The van der Waals surface area contributed by atoms with Gasteiger partial charge in [-0.25, -0.2) is 0 Å². The molecule has 2 rings (SSSR count). The van der Waals surface area contributed by atoms with Crippen LogP contribution >= 0.6 is 0 Å². The first-order valence-corrected chi connectivity index (χ1v) is 6.52. The second-order valence-electron chi connectivity index (χ2n) is 4.47. The number of nitrogens with zero attached hydrogens (tertiary/aromatic N) is 2. The zero-order valence-corrected chi connectivity index (χ0v) is 11.7. The Morgan fingerprint density at radius 1 is 1.43 bits per heavy atom. The summed E-state index contributed by atoms with van der Waals surface area (Å²) in [6.07, 6.45) is 0. The van der Waals surface area contributed by atoms with Crippen molar-refractivity contribution >= 4 is 5.84 Å². The molecule has 0 saturated carbocycles. The molecule has 7 nitrogen and oxygen atoms in total. The van der Waals surface area contributed by atoms with Gasteiger partial charge < -0.3 is 25.5 Å². The summed E-state index contributed by atoms with van der Waals surface area (Å²) in [5.74, 6) is 1.60. The number of hydrogen-bond donors (Lipinski definition) is 3. The molecule has 0 bridgehead atoms. The smallest absolute Gasteiger partial charge is 0.170 e. The fourth-order valence-corrected chi connectivity index (χ4v) is 1.73. The number of benzene rings is 1. The summed E-state index contributed by atoms with van der Waals surface area (Å²) < 4.78 is 10.6. The summed E-state index contributed by atoms with van der Waals surface area (Å²) in [4.78, 5) is 0. The van der Waals surface area contributed by atoms with Gasteiger partial charge in [-0.1, -0.05) is 10.3 Å². The lowest BCUT2D eigenvalue weighted by atomic mass is 10.2. The van der Waals surface area contributed by atoms with Gasteiger partial charge in [-0.3, -0.25) is 0 Å². The molecule has 0 spiro atoms. The maximum absolute atomic E-state index is 8.56. The molecular weight excluding hydrogens is 272 g/mol. The van der Waals surface area contributed by atoms with E-state index < -0.39 is 0 Å². The summed E-state index contributed by atoms with van der Waals surface area (Å²) in [7, 11) is 0. The SMILES string of the molecule is Cc1cc(CNCCOc2ccc(C(N)=NO)cc2)on1. The topological polar surface area (TPSA) is 106 Å². The average molecular weight is 290 g/mol. The molecule has 1 aromatic heterocycles. The Hall–Kier alpha value is -2.54. The molecule has 0 atom stereocenters. The van der Waals surface area contributed by atoms with E-state index in [0.29, 0.717) is 25.3 Å². The van der Waals surface area contributed by atoms with Gasteiger partial charge in [0, 0.05) is 18.2 Å². The third kappa shape index (κ3) is 4.50. The summed E-state index contributed by atoms with van der Waals surface area (Å²) in [6, 6.07) is 8.89. The van der Waals surface area contributed by atoms with Crippen molar-refractivity contribution in [1.82, 2.24) is 10.5 Å². The standard InChI is InChI=1S/C14H18N4O3/c1-10-8-13(21-18-10)9-16-6-7-20-12-4-2-11(3-5-12)14(15)17-19/h2-5,8,16,19H,6-7,9H2,1H3,(H2,15,17). The van der Waals surface area contributed by atoms with Gasteiger partial charge in [0.2, 0.25) is 0 Å². The predicted molar refractivity (Wildman–Crippen MR) is 77.4 cm³/mol. The summed E-state index contributed by atoms with van der Waals surface area (Å²) in [5, 5.41) is 18.5. The molecule has 7 heteroatoms. The molecule has 0 saturated heterocycles. The number of nitrogens with two attached hydrogens (primary N) is 1. The molecular formula is C14H18N4O3. The van der Waals surface area contributed by atoms with Crippen molar-refractivity contribution in [3.8, 4) is 5.75 Å². The third-order valence-corrected chi connectivity index (χ3v) is 2.78. The van der Waals surface area contributed by atoms with Gasteiger partial charge in [-0.15, -0.1) is 0 Å². The third-order valence-electron chi connectivity index (χ3n) is 2.78. The van der Waals surface area contributed by atoms with Crippen molar-refractivity contribution in [3.05, 3.63) is 47.3 Å². The molecule has 2 aromatic rings. The number of oxime groups is 1. The number of aromatic nitrogens is 1. The fraction of sp³-hybridized carbons (Fsp3) is 0.286. The molecule has 4 N–H and O–H groups in total. The number of amidine groups is 1. The van der Waals surface area contributed by atoms with Crippen LogP contribution in [0.25, 0.3) is 0 Å². The number of ether oxygens (including phenoxy) is 1. The Kier molecular flexibility index (Phi) is 5.16. The molecule has 0 fully saturated rings. The Bertz CT molecular complexity index is 593. The lowest BCUT2D eigenvalue weighted by molar-refractivity contribution is 0.306. The Morgan fingerprint density at radius 2 is 2.19 bits per heavy atom. The maximum atomic E-state index is 8.56. The van der Waals surface area contributed by atoms with Gasteiger partial charge in [0.15, 0.2) is 11.6 Å². The van der Waals surface area contributed by atoms with E-state index in [4.69, 9.17) is 20.2 Å². The number of hydrogen-bond acceptors (Lipinski definition) is 6. The predicted octanol–water partition coefficient (Wildman–Crippen LogP) is 1.25. The summed E-state index contributed by atoms with van der Waals surface area (Å²) in [5.41, 5.74) is 6.99. The van der Waals surface area contributed by atoms with Crippen LogP contribution < -0.4 is 15.8 Å². The van der Waals surface area contributed by atoms with Crippen molar-refractivity contribution in [2.45, 2.75) is 13.5 Å². The maximum Gasteiger partial charge on any atom is 0.170 e. The van der Waals surface area contributed by atoms with Crippen molar-refractivity contribution in [3.63, 3.8) is 0 Å². The average Bonchev–Trinajstić information content (AvgIpc) is 2.92. The summed E-state index contributed by atoms with van der Waals surface area (Å²) in [6.45, 7) is 3.71. The van der Waals surface area contributed by atoms with Crippen LogP contribution in [-0.2, 0) is 6.54 Å². The van der Waals surface area contributed by atoms with E-state index in [9.17, 15) is 0 Å². The number of nitrogens with one attached hydrogen (secondary N) is 1. The first kappa shape index (κ1) is 14.9. The number of aryl methyl sites for hydroxylation is 1. The van der Waals surface area contributed by atoms with Crippen LogP contribution in [0.3, 0.4) is 0 Å². The van der Waals surface area contributed by atoms with E-state index in [0.717, 1.165) is 17.2 Å². The zero-order valence-electron chi connectivity index (χ0n) is 11.7. The second kappa shape index (κ2) is 7.30. The van der Waals surface area contributed by atoms with Crippen molar-refractivity contribution in [2.75, 3.05) is 13.2 Å². The Labute approximate surface area is 122 Å². The molecule has 0 aliphatic heterocycles. The van der Waals surface area contributed by atoms with E-state index in [1.807, 2.05) is 13.0 Å². The van der Waals surface area contributed by atoms with Crippen LogP contribution in [0.1, 0.15) is 17.0 Å². The van der Waals surface area contributed by atoms with E-state index >= 15 is 0 Å². The molecule has 0 radical (unpaired) electrons. The van der Waals surface area contributed by atoms with Gasteiger partial charge in [-0.2, -0.15) is 0 Å². The van der Waals surface area contributed by atoms with E-state index in [1.165, 1.54) is 0 Å². The summed E-state index contributed by atoms with van der Waals surface area (Å²) >= 11 is 0. The number of rotatable bonds is 7. The van der Waals surface area contributed by atoms with Crippen molar-refractivity contribution in [2.24, 2.45) is 10.9 Å². The quantitative estimate of drug-likeness (QED) is 0.233.